The van der Waals surface area contributed by atoms with Gasteiger partial charge in [-0.2, -0.15) is 0 Å². The lowest BCUT2D eigenvalue weighted by Crippen LogP contribution is -2.24. The molecule has 0 aliphatic rings. The number of hydrogen-bond donors (Lipinski definition) is 1. The lowest BCUT2D eigenvalue weighted by atomic mass is 10.1. The van der Waals surface area contributed by atoms with Crippen LogP contribution in [0.25, 0.3) is 6.08 Å². The van der Waals surface area contributed by atoms with E-state index in [1.54, 1.807) is 36.6 Å². The highest BCUT2D eigenvalue weighted by molar-refractivity contribution is 5.91. The van der Waals surface area contributed by atoms with Crippen LogP contribution in [0.5, 0.6) is 0 Å². The average Bonchev–Trinajstić information content (AvgIpc) is 2.90. The second kappa shape index (κ2) is 6.00. The summed E-state index contributed by atoms with van der Waals surface area (Å²) in [5.41, 5.74) is 0.848. The van der Waals surface area contributed by atoms with Crippen molar-refractivity contribution in [1.29, 1.82) is 0 Å². The number of rotatable bonds is 4. The van der Waals surface area contributed by atoms with E-state index in [2.05, 4.69) is 5.32 Å². The molecule has 98 valence electrons. The molecule has 3 nitrogen and oxygen atoms in total. The molecular weight excluding hydrogens is 245 g/mol. The fraction of sp³-hybridized carbons (Fsp3) is 0.133. The van der Waals surface area contributed by atoms with E-state index >= 15 is 0 Å². The van der Waals surface area contributed by atoms with Gasteiger partial charge >= 0.3 is 0 Å². The Morgan fingerprint density at radius 2 is 2.05 bits per heavy atom. The number of furan rings is 1. The van der Waals surface area contributed by atoms with Gasteiger partial charge in [0.1, 0.15) is 11.6 Å². The number of hydrogen-bond acceptors (Lipinski definition) is 2. The van der Waals surface area contributed by atoms with Crippen molar-refractivity contribution in [2.24, 2.45) is 0 Å². The van der Waals surface area contributed by atoms with Crippen molar-refractivity contribution in [3.63, 3.8) is 0 Å². The van der Waals surface area contributed by atoms with Gasteiger partial charge in [0, 0.05) is 6.08 Å². The van der Waals surface area contributed by atoms with Gasteiger partial charge in [0.05, 0.1) is 12.3 Å². The largest absolute Gasteiger partial charge is 0.465 e. The Morgan fingerprint density at radius 1 is 1.32 bits per heavy atom. The van der Waals surface area contributed by atoms with Crippen LogP contribution >= 0.6 is 0 Å². The summed E-state index contributed by atoms with van der Waals surface area (Å²) >= 11 is 0. The number of carbonyl (C=O) groups excluding carboxylic acids is 1. The molecule has 0 radical (unpaired) electrons. The third kappa shape index (κ3) is 3.81. The molecular formula is C15H14FNO2. The molecule has 0 aliphatic heterocycles. The summed E-state index contributed by atoms with van der Waals surface area (Å²) in [4.78, 5) is 11.7. The van der Waals surface area contributed by atoms with Crippen LogP contribution in [0.3, 0.4) is 0 Å². The standard InChI is InChI=1S/C15H14FNO2/c1-11(12-4-6-13(16)7-5-12)17-15(18)9-8-14-3-2-10-19-14/h2-11H,1H3,(H,17,18)/b9-8+. The fourth-order valence-electron chi connectivity index (χ4n) is 1.64. The van der Waals surface area contributed by atoms with Crippen LogP contribution in [0.4, 0.5) is 4.39 Å². The molecule has 1 amide bonds. The zero-order chi connectivity index (χ0) is 13.7. The minimum Gasteiger partial charge on any atom is -0.465 e. The van der Waals surface area contributed by atoms with Gasteiger partial charge in [-0.05, 0) is 42.8 Å². The van der Waals surface area contributed by atoms with Crippen molar-refractivity contribution in [3.05, 3.63) is 65.9 Å². The van der Waals surface area contributed by atoms with Gasteiger partial charge in [-0.3, -0.25) is 4.79 Å². The molecule has 0 saturated carbocycles. The van der Waals surface area contributed by atoms with Crippen LogP contribution in [0.15, 0.2) is 53.2 Å². The van der Waals surface area contributed by atoms with Gasteiger partial charge in [0.2, 0.25) is 5.91 Å². The molecule has 1 atom stereocenters. The smallest absolute Gasteiger partial charge is 0.244 e. The van der Waals surface area contributed by atoms with E-state index in [-0.39, 0.29) is 17.8 Å². The van der Waals surface area contributed by atoms with Crippen molar-refractivity contribution in [3.8, 4) is 0 Å². The zero-order valence-corrected chi connectivity index (χ0v) is 10.5. The predicted molar refractivity (Wildman–Crippen MR) is 70.7 cm³/mol. The maximum Gasteiger partial charge on any atom is 0.244 e. The second-order valence-corrected chi connectivity index (χ2v) is 4.13. The summed E-state index contributed by atoms with van der Waals surface area (Å²) in [5, 5.41) is 2.79. The van der Waals surface area contributed by atoms with Gasteiger partial charge in [-0.25, -0.2) is 4.39 Å². The van der Waals surface area contributed by atoms with Crippen LogP contribution in [0, 0.1) is 5.82 Å². The number of nitrogens with one attached hydrogen (secondary N) is 1. The van der Waals surface area contributed by atoms with Gasteiger partial charge in [-0.15, -0.1) is 0 Å². The Hall–Kier alpha value is -2.36. The number of carbonyl (C=O) groups is 1. The van der Waals surface area contributed by atoms with Gasteiger partial charge < -0.3 is 9.73 Å². The summed E-state index contributed by atoms with van der Waals surface area (Å²) in [5.74, 6) is 0.0952. The van der Waals surface area contributed by atoms with Crippen molar-refractivity contribution in [2.45, 2.75) is 13.0 Å². The third-order valence-electron chi connectivity index (χ3n) is 2.67. The van der Waals surface area contributed by atoms with Crippen molar-refractivity contribution in [1.82, 2.24) is 5.32 Å². The van der Waals surface area contributed by atoms with E-state index in [9.17, 15) is 9.18 Å². The number of benzene rings is 1. The number of amides is 1. The molecule has 19 heavy (non-hydrogen) atoms. The Balaban J connectivity index is 1.93. The maximum atomic E-state index is 12.8. The highest BCUT2D eigenvalue weighted by Gasteiger charge is 2.07. The van der Waals surface area contributed by atoms with E-state index in [4.69, 9.17) is 4.42 Å². The van der Waals surface area contributed by atoms with Crippen LogP contribution in [0.2, 0.25) is 0 Å². The van der Waals surface area contributed by atoms with Crippen LogP contribution in [0.1, 0.15) is 24.3 Å². The summed E-state index contributed by atoms with van der Waals surface area (Å²) in [6.45, 7) is 1.84. The average molecular weight is 259 g/mol. The molecule has 0 saturated heterocycles. The topological polar surface area (TPSA) is 42.2 Å². The molecule has 1 aromatic heterocycles. The SMILES string of the molecule is CC(NC(=O)/C=C/c1ccco1)c1ccc(F)cc1. The Kier molecular flexibility index (Phi) is 4.13. The molecule has 1 heterocycles. The van der Waals surface area contributed by atoms with Crippen LogP contribution < -0.4 is 5.32 Å². The van der Waals surface area contributed by atoms with Gasteiger partial charge in [0.15, 0.2) is 0 Å². The molecule has 0 spiro atoms. The first-order valence-electron chi connectivity index (χ1n) is 5.93. The molecule has 2 rings (SSSR count). The van der Waals surface area contributed by atoms with Crippen molar-refractivity contribution >= 4 is 12.0 Å². The quantitative estimate of drug-likeness (QED) is 0.856. The maximum absolute atomic E-state index is 12.8. The summed E-state index contributed by atoms with van der Waals surface area (Å²) in [7, 11) is 0. The van der Waals surface area contributed by atoms with Crippen molar-refractivity contribution in [2.75, 3.05) is 0 Å². The first kappa shape index (κ1) is 13.1. The summed E-state index contributed by atoms with van der Waals surface area (Å²) in [6, 6.07) is 9.36. The van der Waals surface area contributed by atoms with E-state index in [1.807, 2.05) is 6.92 Å². The third-order valence-corrected chi connectivity index (χ3v) is 2.67. The Morgan fingerprint density at radius 3 is 2.68 bits per heavy atom. The van der Waals surface area contributed by atoms with Gasteiger partial charge in [-0.1, -0.05) is 12.1 Å². The van der Waals surface area contributed by atoms with E-state index in [0.29, 0.717) is 5.76 Å². The molecule has 2 aromatic rings. The highest BCUT2D eigenvalue weighted by Crippen LogP contribution is 2.12. The Bertz CT molecular complexity index is 558. The van der Waals surface area contributed by atoms with E-state index in [1.165, 1.54) is 18.2 Å². The lowest BCUT2D eigenvalue weighted by Gasteiger charge is -2.12. The first-order chi connectivity index (χ1) is 9.15. The molecule has 0 bridgehead atoms. The van der Waals surface area contributed by atoms with E-state index in [0.717, 1.165) is 5.56 Å². The van der Waals surface area contributed by atoms with Crippen LogP contribution in [-0.2, 0) is 4.79 Å². The summed E-state index contributed by atoms with van der Waals surface area (Å²) in [6.07, 6.45) is 4.53. The monoisotopic (exact) mass is 259 g/mol. The zero-order valence-electron chi connectivity index (χ0n) is 10.5. The molecule has 1 N–H and O–H groups in total. The second-order valence-electron chi connectivity index (χ2n) is 4.13. The minimum absolute atomic E-state index is 0.186. The van der Waals surface area contributed by atoms with Gasteiger partial charge in [0.25, 0.3) is 0 Å². The highest BCUT2D eigenvalue weighted by atomic mass is 19.1. The molecule has 1 aromatic carbocycles. The predicted octanol–water partition coefficient (Wildman–Crippen LogP) is 3.31. The summed E-state index contributed by atoms with van der Waals surface area (Å²) < 4.78 is 17.9. The van der Waals surface area contributed by atoms with E-state index < -0.39 is 0 Å². The first-order valence-corrected chi connectivity index (χ1v) is 5.93. The molecule has 0 aliphatic carbocycles. The van der Waals surface area contributed by atoms with Crippen LogP contribution in [-0.4, -0.2) is 5.91 Å². The molecule has 4 heteroatoms. The Labute approximate surface area is 110 Å². The normalized spacial score (nSPS) is 12.5. The fourth-order valence-corrected chi connectivity index (χ4v) is 1.64. The molecule has 0 fully saturated rings. The minimum atomic E-state index is -0.292. The van der Waals surface area contributed by atoms with Crippen molar-refractivity contribution < 1.29 is 13.6 Å². The number of halogens is 1. The molecule has 1 unspecified atom stereocenters. The lowest BCUT2D eigenvalue weighted by molar-refractivity contribution is -0.117.